The van der Waals surface area contributed by atoms with E-state index >= 15 is 0 Å². The minimum absolute atomic E-state index is 0.276. The molecule has 0 aliphatic carbocycles. The monoisotopic (exact) mass is 156 g/mol. The zero-order valence-electron chi connectivity index (χ0n) is 7.15. The smallest absolute Gasteiger partial charge is 0.125 e. The summed E-state index contributed by atoms with van der Waals surface area (Å²) in [6, 6.07) is 0. The van der Waals surface area contributed by atoms with Crippen LogP contribution in [0.3, 0.4) is 0 Å². The van der Waals surface area contributed by atoms with E-state index in [1.54, 1.807) is 13.8 Å². The lowest BCUT2D eigenvalue weighted by Gasteiger charge is -1.98. The third-order valence-electron chi connectivity index (χ3n) is 1.18. The molecule has 0 atom stereocenters. The summed E-state index contributed by atoms with van der Waals surface area (Å²) >= 11 is 0. The quantitative estimate of drug-likeness (QED) is 0.451. The summed E-state index contributed by atoms with van der Waals surface area (Å²) in [5, 5.41) is 0. The molecule has 0 radical (unpaired) electrons. The molecule has 0 amide bonds. The van der Waals surface area contributed by atoms with Gasteiger partial charge in [-0.2, -0.15) is 0 Å². The van der Waals surface area contributed by atoms with Crippen molar-refractivity contribution in [3.05, 3.63) is 35.9 Å². The highest BCUT2D eigenvalue weighted by atomic mass is 19.1. The molecule has 0 N–H and O–H groups in total. The van der Waals surface area contributed by atoms with Crippen LogP contribution in [0.4, 0.5) is 4.39 Å². The average molecular weight is 156 g/mol. The lowest BCUT2D eigenvalue weighted by molar-refractivity contribution is 0.305. The first kappa shape index (κ1) is 9.95. The first-order valence-electron chi connectivity index (χ1n) is 3.33. The average Bonchev–Trinajstić information content (AvgIpc) is 1.99. The van der Waals surface area contributed by atoms with Crippen LogP contribution < -0.4 is 0 Å². The maximum absolute atomic E-state index is 12.8. The van der Waals surface area contributed by atoms with E-state index in [4.69, 9.17) is 4.74 Å². The van der Waals surface area contributed by atoms with Crippen molar-refractivity contribution >= 4 is 0 Å². The molecule has 0 saturated carbocycles. The standard InChI is InChI=1S/C9H13FO/c1-5-8(11-4)6-9(10)7(2)3/h5-6H,1H2,2-4H3/b8-6+. The Labute approximate surface area is 66.9 Å². The molecular weight excluding hydrogens is 143 g/mol. The molecule has 0 bridgehead atoms. The highest BCUT2D eigenvalue weighted by Gasteiger charge is 1.94. The molecule has 11 heavy (non-hydrogen) atoms. The number of methoxy groups -OCH3 is 1. The molecule has 62 valence electrons. The van der Waals surface area contributed by atoms with Gasteiger partial charge in [0.2, 0.25) is 0 Å². The highest BCUT2D eigenvalue weighted by Crippen LogP contribution is 2.10. The molecule has 0 rings (SSSR count). The third-order valence-corrected chi connectivity index (χ3v) is 1.18. The van der Waals surface area contributed by atoms with Gasteiger partial charge in [0.1, 0.15) is 11.6 Å². The Kier molecular flexibility index (Phi) is 4.27. The van der Waals surface area contributed by atoms with Crippen LogP contribution in [-0.4, -0.2) is 7.11 Å². The van der Waals surface area contributed by atoms with Crippen LogP contribution >= 0.6 is 0 Å². The molecule has 0 saturated heterocycles. The predicted molar refractivity (Wildman–Crippen MR) is 44.8 cm³/mol. The molecule has 0 aliphatic heterocycles. The Hall–Kier alpha value is -1.05. The highest BCUT2D eigenvalue weighted by molar-refractivity contribution is 5.23. The normalized spacial score (nSPS) is 10.7. The van der Waals surface area contributed by atoms with Gasteiger partial charge in [-0.05, 0) is 25.5 Å². The van der Waals surface area contributed by atoms with Crippen LogP contribution in [0.2, 0.25) is 0 Å². The van der Waals surface area contributed by atoms with E-state index in [0.29, 0.717) is 11.3 Å². The van der Waals surface area contributed by atoms with Gasteiger partial charge in [-0.1, -0.05) is 6.58 Å². The summed E-state index contributed by atoms with van der Waals surface area (Å²) in [5.74, 6) is 0.158. The number of ether oxygens (including phenoxy) is 1. The fraction of sp³-hybridized carbons (Fsp3) is 0.333. The molecule has 0 spiro atoms. The van der Waals surface area contributed by atoms with E-state index < -0.39 is 0 Å². The van der Waals surface area contributed by atoms with Gasteiger partial charge in [0.05, 0.1) is 7.11 Å². The second kappa shape index (κ2) is 4.72. The second-order valence-electron chi connectivity index (χ2n) is 2.30. The van der Waals surface area contributed by atoms with Gasteiger partial charge in [0, 0.05) is 6.08 Å². The number of halogens is 1. The summed E-state index contributed by atoms with van der Waals surface area (Å²) in [4.78, 5) is 0. The Morgan fingerprint density at radius 1 is 1.45 bits per heavy atom. The van der Waals surface area contributed by atoms with Crippen molar-refractivity contribution in [1.82, 2.24) is 0 Å². The van der Waals surface area contributed by atoms with E-state index in [1.165, 1.54) is 19.3 Å². The Morgan fingerprint density at radius 3 is 2.27 bits per heavy atom. The summed E-state index contributed by atoms with van der Waals surface area (Å²) in [5.41, 5.74) is 0.626. The fourth-order valence-corrected chi connectivity index (χ4v) is 0.470. The molecule has 0 heterocycles. The Morgan fingerprint density at radius 2 is 2.00 bits per heavy atom. The number of allylic oxidation sites excluding steroid dienone is 4. The van der Waals surface area contributed by atoms with E-state index in [-0.39, 0.29) is 5.83 Å². The SMILES string of the molecule is C=C/C(=C\C(F)=C(C)C)OC. The molecule has 2 heteroatoms. The number of rotatable bonds is 3. The minimum atomic E-state index is -0.276. The fourth-order valence-electron chi connectivity index (χ4n) is 0.470. The van der Waals surface area contributed by atoms with Crippen LogP contribution in [0.25, 0.3) is 0 Å². The minimum Gasteiger partial charge on any atom is -0.497 e. The van der Waals surface area contributed by atoms with Crippen LogP contribution in [0.15, 0.2) is 35.9 Å². The first-order chi connectivity index (χ1) is 5.11. The van der Waals surface area contributed by atoms with Gasteiger partial charge in [-0.15, -0.1) is 0 Å². The van der Waals surface area contributed by atoms with Gasteiger partial charge >= 0.3 is 0 Å². The molecular formula is C9H13FO. The topological polar surface area (TPSA) is 9.23 Å². The van der Waals surface area contributed by atoms with Crippen LogP contribution in [0.1, 0.15) is 13.8 Å². The van der Waals surface area contributed by atoms with Gasteiger partial charge in [-0.3, -0.25) is 0 Å². The zero-order chi connectivity index (χ0) is 8.85. The van der Waals surface area contributed by atoms with Crippen LogP contribution in [-0.2, 0) is 4.74 Å². The lowest BCUT2D eigenvalue weighted by atomic mass is 10.3. The van der Waals surface area contributed by atoms with Crippen molar-refractivity contribution < 1.29 is 9.13 Å². The second-order valence-corrected chi connectivity index (χ2v) is 2.30. The van der Waals surface area contributed by atoms with Gasteiger partial charge in [-0.25, -0.2) is 4.39 Å². The van der Waals surface area contributed by atoms with Crippen molar-refractivity contribution in [3.8, 4) is 0 Å². The van der Waals surface area contributed by atoms with Crippen molar-refractivity contribution in [1.29, 1.82) is 0 Å². The lowest BCUT2D eigenvalue weighted by Crippen LogP contribution is -1.82. The molecule has 0 unspecified atom stereocenters. The predicted octanol–water partition coefficient (Wildman–Crippen LogP) is 2.97. The summed E-state index contributed by atoms with van der Waals surface area (Å²) in [6.07, 6.45) is 2.77. The van der Waals surface area contributed by atoms with Gasteiger partial charge < -0.3 is 4.74 Å². The van der Waals surface area contributed by atoms with Gasteiger partial charge in [0.15, 0.2) is 0 Å². The summed E-state index contributed by atoms with van der Waals surface area (Å²) in [7, 11) is 1.48. The maximum Gasteiger partial charge on any atom is 0.125 e. The third kappa shape index (κ3) is 3.61. The maximum atomic E-state index is 12.8. The van der Waals surface area contributed by atoms with Crippen molar-refractivity contribution in [2.45, 2.75) is 13.8 Å². The van der Waals surface area contributed by atoms with E-state index in [1.807, 2.05) is 0 Å². The van der Waals surface area contributed by atoms with Gasteiger partial charge in [0.25, 0.3) is 0 Å². The molecule has 1 nitrogen and oxygen atoms in total. The Bertz CT molecular complexity index is 198. The van der Waals surface area contributed by atoms with E-state index in [2.05, 4.69) is 6.58 Å². The van der Waals surface area contributed by atoms with Crippen molar-refractivity contribution in [2.24, 2.45) is 0 Å². The molecule has 0 aliphatic rings. The van der Waals surface area contributed by atoms with Crippen molar-refractivity contribution in [3.63, 3.8) is 0 Å². The van der Waals surface area contributed by atoms with E-state index in [0.717, 1.165) is 0 Å². The summed E-state index contributed by atoms with van der Waals surface area (Å²) in [6.45, 7) is 6.85. The molecule has 0 fully saturated rings. The zero-order valence-corrected chi connectivity index (χ0v) is 7.15. The number of hydrogen-bond donors (Lipinski definition) is 0. The molecule has 0 aromatic rings. The van der Waals surface area contributed by atoms with Crippen LogP contribution in [0.5, 0.6) is 0 Å². The first-order valence-corrected chi connectivity index (χ1v) is 3.33. The van der Waals surface area contributed by atoms with Crippen LogP contribution in [0, 0.1) is 0 Å². The number of hydrogen-bond acceptors (Lipinski definition) is 1. The van der Waals surface area contributed by atoms with E-state index in [9.17, 15) is 4.39 Å². The molecule has 0 aromatic heterocycles. The summed E-state index contributed by atoms with van der Waals surface area (Å²) < 4.78 is 17.6. The molecule has 0 aromatic carbocycles. The Balaban J connectivity index is 4.52. The van der Waals surface area contributed by atoms with Crippen molar-refractivity contribution in [2.75, 3.05) is 7.11 Å². The largest absolute Gasteiger partial charge is 0.497 e.